The maximum atomic E-state index is 13.6. The second-order valence-electron chi connectivity index (χ2n) is 6.37. The maximum absolute atomic E-state index is 13.6. The molecule has 1 saturated heterocycles. The average Bonchev–Trinajstić information content (AvgIpc) is 3.01. The van der Waals surface area contributed by atoms with Crippen LogP contribution in [-0.4, -0.2) is 39.5 Å². The van der Waals surface area contributed by atoms with Crippen molar-refractivity contribution in [1.82, 2.24) is 5.32 Å². The van der Waals surface area contributed by atoms with Crippen LogP contribution in [0.4, 0.5) is 4.39 Å². The number of halogens is 1. The summed E-state index contributed by atoms with van der Waals surface area (Å²) < 4.78 is 62.1. The minimum absolute atomic E-state index is 0.0383. The summed E-state index contributed by atoms with van der Waals surface area (Å²) in [7, 11) is -7.21. The van der Waals surface area contributed by atoms with Crippen LogP contribution in [-0.2, 0) is 26.2 Å². The molecular formula is C18H18FNO5S2. The Hall–Kier alpha value is -2.26. The summed E-state index contributed by atoms with van der Waals surface area (Å²) in [6.07, 6.45) is 0.0500. The molecule has 1 aliphatic rings. The molecule has 0 spiro atoms. The molecule has 1 aliphatic heterocycles. The first-order chi connectivity index (χ1) is 12.7. The highest BCUT2D eigenvalue weighted by Gasteiger charge is 2.38. The Morgan fingerprint density at radius 1 is 1.15 bits per heavy atom. The van der Waals surface area contributed by atoms with Crippen molar-refractivity contribution in [2.24, 2.45) is 0 Å². The summed E-state index contributed by atoms with van der Waals surface area (Å²) in [6, 6.07) is 11.4. The topological polar surface area (TPSA) is 97.4 Å². The van der Waals surface area contributed by atoms with Crippen molar-refractivity contribution in [2.45, 2.75) is 23.1 Å². The van der Waals surface area contributed by atoms with Gasteiger partial charge in [-0.3, -0.25) is 4.79 Å². The molecule has 27 heavy (non-hydrogen) atoms. The molecule has 6 nitrogen and oxygen atoms in total. The monoisotopic (exact) mass is 411 g/mol. The van der Waals surface area contributed by atoms with Gasteiger partial charge in [-0.25, -0.2) is 21.2 Å². The summed E-state index contributed by atoms with van der Waals surface area (Å²) in [5.74, 6) is -1.55. The molecular weight excluding hydrogens is 393 g/mol. The van der Waals surface area contributed by atoms with Crippen LogP contribution in [0.1, 0.15) is 22.3 Å². The molecule has 1 heterocycles. The molecule has 0 unspecified atom stereocenters. The van der Waals surface area contributed by atoms with Crippen LogP contribution >= 0.6 is 0 Å². The van der Waals surface area contributed by atoms with Gasteiger partial charge >= 0.3 is 0 Å². The minimum atomic E-state index is -3.86. The Kier molecular flexibility index (Phi) is 5.34. The third kappa shape index (κ3) is 4.36. The van der Waals surface area contributed by atoms with Gasteiger partial charge in [-0.15, -0.1) is 0 Å². The molecule has 0 bridgehead atoms. The lowest BCUT2D eigenvalue weighted by Gasteiger charge is -2.12. The first-order valence-electron chi connectivity index (χ1n) is 8.25. The van der Waals surface area contributed by atoms with Crippen molar-refractivity contribution in [2.75, 3.05) is 11.5 Å². The molecule has 0 aliphatic carbocycles. The molecule has 1 fully saturated rings. The Morgan fingerprint density at radius 2 is 1.89 bits per heavy atom. The van der Waals surface area contributed by atoms with Gasteiger partial charge in [-0.1, -0.05) is 24.3 Å². The lowest BCUT2D eigenvalue weighted by molar-refractivity contribution is 0.0950. The van der Waals surface area contributed by atoms with Gasteiger partial charge in [0, 0.05) is 17.7 Å². The number of sulfone groups is 2. The zero-order valence-corrected chi connectivity index (χ0v) is 15.9. The van der Waals surface area contributed by atoms with Gasteiger partial charge in [0.15, 0.2) is 19.7 Å². The highest BCUT2D eigenvalue weighted by molar-refractivity contribution is 7.96. The number of benzene rings is 2. The molecule has 1 N–H and O–H groups in total. The number of carbonyl (C=O) groups excluding carboxylic acids is 1. The predicted molar refractivity (Wildman–Crippen MR) is 98.3 cm³/mol. The highest BCUT2D eigenvalue weighted by Crippen LogP contribution is 2.26. The first-order valence-corrected chi connectivity index (χ1v) is 11.6. The predicted octanol–water partition coefficient (Wildman–Crippen LogP) is 1.72. The highest BCUT2D eigenvalue weighted by atomic mass is 32.2. The van der Waals surface area contributed by atoms with E-state index in [9.17, 15) is 26.0 Å². The quantitative estimate of drug-likeness (QED) is 0.808. The number of nitrogens with one attached hydrogen (secondary N) is 1. The van der Waals surface area contributed by atoms with E-state index in [2.05, 4.69) is 5.32 Å². The second kappa shape index (κ2) is 7.40. The molecule has 2 aromatic rings. The van der Waals surface area contributed by atoms with Crippen LogP contribution in [0.5, 0.6) is 0 Å². The molecule has 0 radical (unpaired) electrons. The SMILES string of the molecule is O=C(NCc1ccccc1F)c1cccc(S(=O)(=O)[C@H]2CCS(=O)(=O)C2)c1. The normalized spacial score (nSPS) is 18.9. The fourth-order valence-corrected chi connectivity index (χ4v) is 7.34. The van der Waals surface area contributed by atoms with Gasteiger partial charge in [-0.2, -0.15) is 0 Å². The van der Waals surface area contributed by atoms with E-state index in [-0.39, 0.29) is 29.2 Å². The standard InChI is InChI=1S/C18H18FNO5S2/c19-17-7-2-1-4-14(17)11-20-18(21)13-5-3-6-15(10-13)27(24,25)16-8-9-26(22,23)12-16/h1-7,10,16H,8-9,11-12H2,(H,20,21)/t16-/m0/s1. The fraction of sp³-hybridized carbons (Fsp3) is 0.278. The fourth-order valence-electron chi connectivity index (χ4n) is 2.93. The van der Waals surface area contributed by atoms with E-state index in [1.807, 2.05) is 0 Å². The van der Waals surface area contributed by atoms with Crippen molar-refractivity contribution in [3.63, 3.8) is 0 Å². The number of hydrogen-bond acceptors (Lipinski definition) is 5. The minimum Gasteiger partial charge on any atom is -0.348 e. The zero-order chi connectivity index (χ0) is 19.7. The van der Waals surface area contributed by atoms with Crippen LogP contribution in [0.3, 0.4) is 0 Å². The molecule has 2 aromatic carbocycles. The summed E-state index contributed by atoms with van der Waals surface area (Å²) in [6.45, 7) is -0.0383. The van der Waals surface area contributed by atoms with Gasteiger partial charge in [0.05, 0.1) is 21.7 Å². The van der Waals surface area contributed by atoms with Gasteiger partial charge in [0.1, 0.15) is 5.82 Å². The third-order valence-corrected chi connectivity index (χ3v) is 8.62. The molecule has 3 rings (SSSR count). The van der Waals surface area contributed by atoms with Gasteiger partial charge < -0.3 is 5.32 Å². The van der Waals surface area contributed by atoms with Crippen LogP contribution in [0.25, 0.3) is 0 Å². The van der Waals surface area contributed by atoms with Crippen LogP contribution in [0.15, 0.2) is 53.4 Å². The number of rotatable bonds is 5. The summed E-state index contributed by atoms with van der Waals surface area (Å²) in [5, 5.41) is 1.55. The molecule has 0 aromatic heterocycles. The van der Waals surface area contributed by atoms with Crippen molar-refractivity contribution < 1.29 is 26.0 Å². The molecule has 9 heteroatoms. The van der Waals surface area contributed by atoms with Gasteiger partial charge in [0.2, 0.25) is 0 Å². The zero-order valence-electron chi connectivity index (χ0n) is 14.3. The lowest BCUT2D eigenvalue weighted by Crippen LogP contribution is -2.25. The van der Waals surface area contributed by atoms with Crippen LogP contribution in [0.2, 0.25) is 0 Å². The molecule has 1 amide bonds. The molecule has 0 saturated carbocycles. The van der Waals surface area contributed by atoms with Crippen LogP contribution < -0.4 is 5.32 Å². The van der Waals surface area contributed by atoms with E-state index in [4.69, 9.17) is 0 Å². The van der Waals surface area contributed by atoms with E-state index in [0.29, 0.717) is 5.56 Å². The lowest BCUT2D eigenvalue weighted by atomic mass is 10.2. The van der Waals surface area contributed by atoms with E-state index >= 15 is 0 Å². The average molecular weight is 411 g/mol. The van der Waals surface area contributed by atoms with E-state index in [0.717, 1.165) is 0 Å². The maximum Gasteiger partial charge on any atom is 0.251 e. The second-order valence-corrected chi connectivity index (χ2v) is 10.8. The number of carbonyl (C=O) groups is 1. The van der Waals surface area contributed by atoms with Crippen molar-refractivity contribution in [3.8, 4) is 0 Å². The Labute approximate surface area is 157 Å². The van der Waals surface area contributed by atoms with E-state index in [1.165, 1.54) is 42.5 Å². The summed E-state index contributed by atoms with van der Waals surface area (Å²) >= 11 is 0. The molecule has 1 atom stereocenters. The Balaban J connectivity index is 1.77. The molecule has 144 valence electrons. The number of hydrogen-bond donors (Lipinski definition) is 1. The Morgan fingerprint density at radius 3 is 2.56 bits per heavy atom. The van der Waals surface area contributed by atoms with E-state index in [1.54, 1.807) is 6.07 Å². The van der Waals surface area contributed by atoms with Crippen molar-refractivity contribution >= 4 is 25.6 Å². The smallest absolute Gasteiger partial charge is 0.251 e. The van der Waals surface area contributed by atoms with Gasteiger partial charge in [-0.05, 0) is 30.7 Å². The van der Waals surface area contributed by atoms with Crippen LogP contribution in [0, 0.1) is 5.82 Å². The first kappa shape index (κ1) is 19.5. The van der Waals surface area contributed by atoms with Crippen molar-refractivity contribution in [3.05, 3.63) is 65.5 Å². The van der Waals surface area contributed by atoms with Gasteiger partial charge in [0.25, 0.3) is 5.91 Å². The Bertz CT molecular complexity index is 1080. The van der Waals surface area contributed by atoms with E-state index < -0.39 is 42.4 Å². The largest absolute Gasteiger partial charge is 0.348 e. The third-order valence-electron chi connectivity index (χ3n) is 4.45. The summed E-state index contributed by atoms with van der Waals surface area (Å²) in [5.41, 5.74) is 0.416. The number of amides is 1. The van der Waals surface area contributed by atoms with Crippen molar-refractivity contribution in [1.29, 1.82) is 0 Å². The summed E-state index contributed by atoms with van der Waals surface area (Å²) in [4.78, 5) is 12.2.